The average molecular weight is 480 g/mol. The minimum atomic E-state index is -0.217. The number of hydrogen-bond donors (Lipinski definition) is 2. The highest BCUT2D eigenvalue weighted by Gasteiger charge is 2.15. The third-order valence-electron chi connectivity index (χ3n) is 5.65. The number of nitrogens with zero attached hydrogens (tertiary/aromatic N) is 3. The van der Waals surface area contributed by atoms with Crippen LogP contribution in [0.2, 0.25) is 0 Å². The summed E-state index contributed by atoms with van der Waals surface area (Å²) in [7, 11) is 0. The molecule has 1 aliphatic heterocycles. The molecule has 0 radical (unpaired) electrons. The second kappa shape index (κ2) is 12.3. The van der Waals surface area contributed by atoms with E-state index < -0.39 is 0 Å². The maximum absolute atomic E-state index is 13.0. The smallest absolute Gasteiger partial charge is 0.234 e. The van der Waals surface area contributed by atoms with E-state index in [2.05, 4.69) is 20.5 Å². The standard InChI is InChI=1S/C26H30FN5OS/c27-21-14-12-20(13-15-21)9-8-16-28-26(34)31-25-29-23(32-17-6-1-2-7-18-32)19-24(30-25)33-22-10-4-3-5-11-22/h3-5,10-15,19H,1-2,6-9,16-18H2,(H2,28,29,30,31,34). The Morgan fingerprint density at radius 1 is 0.971 bits per heavy atom. The van der Waals surface area contributed by atoms with E-state index in [0.717, 1.165) is 55.9 Å². The number of para-hydroxylation sites is 1. The zero-order chi connectivity index (χ0) is 23.6. The van der Waals surface area contributed by atoms with E-state index in [1.54, 1.807) is 0 Å². The summed E-state index contributed by atoms with van der Waals surface area (Å²) in [5, 5.41) is 6.77. The number of anilines is 2. The van der Waals surface area contributed by atoms with Gasteiger partial charge in [-0.3, -0.25) is 0 Å². The summed E-state index contributed by atoms with van der Waals surface area (Å²) in [5.41, 5.74) is 1.10. The minimum Gasteiger partial charge on any atom is -0.439 e. The van der Waals surface area contributed by atoms with Crippen LogP contribution >= 0.6 is 12.2 Å². The Morgan fingerprint density at radius 2 is 1.71 bits per heavy atom. The highest BCUT2D eigenvalue weighted by molar-refractivity contribution is 7.80. The minimum absolute atomic E-state index is 0.217. The fourth-order valence-electron chi connectivity index (χ4n) is 3.88. The van der Waals surface area contributed by atoms with Crippen LogP contribution in [0.15, 0.2) is 60.7 Å². The lowest BCUT2D eigenvalue weighted by Crippen LogP contribution is -2.31. The lowest BCUT2D eigenvalue weighted by atomic mass is 10.1. The van der Waals surface area contributed by atoms with Crippen molar-refractivity contribution in [2.75, 3.05) is 29.9 Å². The Balaban J connectivity index is 1.39. The Labute approximate surface area is 205 Å². The van der Waals surface area contributed by atoms with Crippen LogP contribution in [0.25, 0.3) is 0 Å². The lowest BCUT2D eigenvalue weighted by Gasteiger charge is -2.22. The SMILES string of the molecule is Fc1ccc(CCCNC(=S)Nc2nc(Oc3ccccc3)cc(N3CCCCCC3)n2)cc1. The Kier molecular flexibility index (Phi) is 8.62. The van der Waals surface area contributed by atoms with Gasteiger partial charge in [0, 0.05) is 25.7 Å². The number of hydrogen-bond acceptors (Lipinski definition) is 5. The molecule has 8 heteroatoms. The van der Waals surface area contributed by atoms with Crippen molar-refractivity contribution in [1.29, 1.82) is 0 Å². The van der Waals surface area contributed by atoms with Gasteiger partial charge in [-0.05, 0) is 67.7 Å². The Morgan fingerprint density at radius 3 is 2.44 bits per heavy atom. The summed E-state index contributed by atoms with van der Waals surface area (Å²) < 4.78 is 19.1. The molecule has 2 heterocycles. The van der Waals surface area contributed by atoms with Crippen molar-refractivity contribution in [3.63, 3.8) is 0 Å². The maximum Gasteiger partial charge on any atom is 0.234 e. The molecular formula is C26H30FN5OS. The summed E-state index contributed by atoms with van der Waals surface area (Å²) in [5.74, 6) is 2.22. The third kappa shape index (κ3) is 7.38. The molecule has 1 fully saturated rings. The van der Waals surface area contributed by atoms with Crippen molar-refractivity contribution in [1.82, 2.24) is 15.3 Å². The molecule has 34 heavy (non-hydrogen) atoms. The van der Waals surface area contributed by atoms with Gasteiger partial charge in [0.05, 0.1) is 0 Å². The maximum atomic E-state index is 13.0. The Hall–Kier alpha value is -3.26. The first-order valence-electron chi connectivity index (χ1n) is 11.8. The lowest BCUT2D eigenvalue weighted by molar-refractivity contribution is 0.462. The van der Waals surface area contributed by atoms with Gasteiger partial charge >= 0.3 is 0 Å². The normalized spacial score (nSPS) is 13.7. The first-order chi connectivity index (χ1) is 16.7. The van der Waals surface area contributed by atoms with E-state index in [1.807, 2.05) is 48.5 Å². The average Bonchev–Trinajstić information content (AvgIpc) is 3.13. The van der Waals surface area contributed by atoms with E-state index >= 15 is 0 Å². The van der Waals surface area contributed by atoms with Gasteiger partial charge < -0.3 is 20.3 Å². The van der Waals surface area contributed by atoms with Gasteiger partial charge in [-0.15, -0.1) is 0 Å². The fourth-order valence-corrected chi connectivity index (χ4v) is 4.08. The van der Waals surface area contributed by atoms with E-state index in [9.17, 15) is 4.39 Å². The van der Waals surface area contributed by atoms with E-state index in [1.165, 1.54) is 25.0 Å². The molecule has 2 aromatic carbocycles. The van der Waals surface area contributed by atoms with Crippen LogP contribution in [0.1, 0.15) is 37.7 Å². The molecule has 0 spiro atoms. The molecule has 0 aliphatic carbocycles. The molecule has 0 saturated carbocycles. The molecule has 1 aromatic heterocycles. The zero-order valence-electron chi connectivity index (χ0n) is 19.2. The molecule has 0 bridgehead atoms. The van der Waals surface area contributed by atoms with Crippen molar-refractivity contribution >= 4 is 29.1 Å². The monoisotopic (exact) mass is 479 g/mol. The second-order valence-corrected chi connectivity index (χ2v) is 8.72. The first kappa shape index (κ1) is 23.9. The van der Waals surface area contributed by atoms with Crippen molar-refractivity contribution in [2.45, 2.75) is 38.5 Å². The van der Waals surface area contributed by atoms with Gasteiger partial charge in [-0.2, -0.15) is 9.97 Å². The molecular weight excluding hydrogens is 449 g/mol. The van der Waals surface area contributed by atoms with Gasteiger partial charge in [0.1, 0.15) is 17.4 Å². The van der Waals surface area contributed by atoms with Gasteiger partial charge in [0.25, 0.3) is 0 Å². The number of thiocarbonyl (C=S) groups is 1. The molecule has 0 unspecified atom stereocenters. The predicted molar refractivity (Wildman–Crippen MR) is 138 cm³/mol. The van der Waals surface area contributed by atoms with E-state index in [0.29, 0.717) is 23.5 Å². The summed E-state index contributed by atoms with van der Waals surface area (Å²) >= 11 is 5.47. The Bertz CT molecular complexity index is 1060. The quantitative estimate of drug-likeness (QED) is 0.317. The molecule has 2 N–H and O–H groups in total. The van der Waals surface area contributed by atoms with Gasteiger partial charge in [0.15, 0.2) is 5.11 Å². The van der Waals surface area contributed by atoms with Gasteiger partial charge in [-0.1, -0.05) is 43.2 Å². The van der Waals surface area contributed by atoms with E-state index in [-0.39, 0.29) is 5.82 Å². The second-order valence-electron chi connectivity index (χ2n) is 8.32. The van der Waals surface area contributed by atoms with Crippen LogP contribution < -0.4 is 20.3 Å². The molecule has 0 amide bonds. The largest absolute Gasteiger partial charge is 0.439 e. The number of rotatable bonds is 8. The van der Waals surface area contributed by atoms with Crippen LogP contribution in [-0.4, -0.2) is 34.7 Å². The van der Waals surface area contributed by atoms with Gasteiger partial charge in [0.2, 0.25) is 11.8 Å². The fraction of sp³-hybridized carbons (Fsp3) is 0.346. The predicted octanol–water partition coefficient (Wildman–Crippen LogP) is 5.71. The van der Waals surface area contributed by atoms with Crippen LogP contribution in [0.5, 0.6) is 11.6 Å². The highest BCUT2D eigenvalue weighted by atomic mass is 32.1. The van der Waals surface area contributed by atoms with Crippen LogP contribution in [-0.2, 0) is 6.42 Å². The molecule has 1 saturated heterocycles. The number of ether oxygens (including phenoxy) is 1. The van der Waals surface area contributed by atoms with E-state index in [4.69, 9.17) is 21.9 Å². The number of benzene rings is 2. The molecule has 0 atom stereocenters. The topological polar surface area (TPSA) is 62.3 Å². The summed E-state index contributed by atoms with van der Waals surface area (Å²) in [6.07, 6.45) is 6.49. The number of halogens is 1. The van der Waals surface area contributed by atoms with Crippen molar-refractivity contribution < 1.29 is 9.13 Å². The van der Waals surface area contributed by atoms with Crippen molar-refractivity contribution in [3.8, 4) is 11.6 Å². The number of aromatic nitrogens is 2. The molecule has 6 nitrogen and oxygen atoms in total. The molecule has 1 aliphatic rings. The highest BCUT2D eigenvalue weighted by Crippen LogP contribution is 2.26. The van der Waals surface area contributed by atoms with Crippen LogP contribution in [0, 0.1) is 5.82 Å². The first-order valence-corrected chi connectivity index (χ1v) is 12.2. The molecule has 178 valence electrons. The summed E-state index contributed by atoms with van der Waals surface area (Å²) in [4.78, 5) is 11.6. The zero-order valence-corrected chi connectivity index (χ0v) is 20.0. The molecule has 3 aromatic rings. The van der Waals surface area contributed by atoms with Gasteiger partial charge in [-0.25, -0.2) is 4.39 Å². The number of nitrogens with one attached hydrogen (secondary N) is 2. The van der Waals surface area contributed by atoms with Crippen LogP contribution in [0.3, 0.4) is 0 Å². The third-order valence-corrected chi connectivity index (χ3v) is 5.90. The number of aryl methyl sites for hydroxylation is 1. The summed E-state index contributed by atoms with van der Waals surface area (Å²) in [6.45, 7) is 2.61. The van der Waals surface area contributed by atoms with Crippen molar-refractivity contribution in [3.05, 3.63) is 72.0 Å². The molecule has 4 rings (SSSR count). The summed E-state index contributed by atoms with van der Waals surface area (Å²) in [6, 6.07) is 18.1. The van der Waals surface area contributed by atoms with Crippen LogP contribution in [0.4, 0.5) is 16.2 Å². The van der Waals surface area contributed by atoms with Crippen molar-refractivity contribution in [2.24, 2.45) is 0 Å².